The van der Waals surface area contributed by atoms with Crippen molar-refractivity contribution in [3.63, 3.8) is 0 Å². The third-order valence-corrected chi connectivity index (χ3v) is 2.90. The van der Waals surface area contributed by atoms with Crippen LogP contribution >= 0.6 is 0 Å². The van der Waals surface area contributed by atoms with Gasteiger partial charge in [-0.25, -0.2) is 9.97 Å². The van der Waals surface area contributed by atoms with Gasteiger partial charge in [0.05, 0.1) is 11.2 Å². The van der Waals surface area contributed by atoms with Crippen LogP contribution in [0.1, 0.15) is 5.56 Å². The maximum atomic E-state index is 4.46. The number of aryl methyl sites for hydroxylation is 1. The molecule has 0 aliphatic carbocycles. The minimum Gasteiger partial charge on any atom is -0.256 e. The zero-order chi connectivity index (χ0) is 11.7. The Kier molecular flexibility index (Phi) is 2.29. The van der Waals surface area contributed by atoms with Gasteiger partial charge in [-0.3, -0.25) is 4.98 Å². The van der Waals surface area contributed by atoms with E-state index in [0.717, 1.165) is 16.8 Å². The van der Waals surface area contributed by atoms with E-state index in [9.17, 15) is 0 Å². The molecular formula is C14H11N3. The van der Waals surface area contributed by atoms with E-state index in [1.54, 1.807) is 12.5 Å². The SMILES string of the molecule is Cc1c(-c2ccncn2)cnc2ccccc12. The average molecular weight is 221 g/mol. The molecule has 3 rings (SSSR count). The molecule has 82 valence electrons. The highest BCUT2D eigenvalue weighted by atomic mass is 14.8. The van der Waals surface area contributed by atoms with Crippen molar-refractivity contribution in [3.8, 4) is 11.3 Å². The Balaban J connectivity index is 2.29. The van der Waals surface area contributed by atoms with Crippen molar-refractivity contribution in [3.05, 3.63) is 54.6 Å². The van der Waals surface area contributed by atoms with Gasteiger partial charge in [0, 0.05) is 23.3 Å². The summed E-state index contributed by atoms with van der Waals surface area (Å²) in [5, 5.41) is 1.17. The van der Waals surface area contributed by atoms with Crippen LogP contribution in [0.15, 0.2) is 49.1 Å². The van der Waals surface area contributed by atoms with Gasteiger partial charge in [-0.05, 0) is 24.6 Å². The van der Waals surface area contributed by atoms with Crippen LogP contribution in [0.3, 0.4) is 0 Å². The molecule has 0 atom stereocenters. The number of fused-ring (bicyclic) bond motifs is 1. The van der Waals surface area contributed by atoms with Crippen LogP contribution in [0.5, 0.6) is 0 Å². The average Bonchev–Trinajstić information content (AvgIpc) is 2.40. The van der Waals surface area contributed by atoms with Gasteiger partial charge in [0.2, 0.25) is 0 Å². The van der Waals surface area contributed by atoms with E-state index in [1.165, 1.54) is 10.9 Å². The normalized spacial score (nSPS) is 10.6. The van der Waals surface area contributed by atoms with E-state index in [1.807, 2.05) is 30.5 Å². The molecule has 0 aliphatic rings. The fraction of sp³-hybridized carbons (Fsp3) is 0.0714. The largest absolute Gasteiger partial charge is 0.256 e. The molecule has 0 spiro atoms. The maximum absolute atomic E-state index is 4.46. The van der Waals surface area contributed by atoms with Crippen molar-refractivity contribution in [2.75, 3.05) is 0 Å². The summed E-state index contributed by atoms with van der Waals surface area (Å²) in [6, 6.07) is 10.0. The summed E-state index contributed by atoms with van der Waals surface area (Å²) in [4.78, 5) is 12.7. The first-order chi connectivity index (χ1) is 8.36. The summed E-state index contributed by atoms with van der Waals surface area (Å²) in [6.45, 7) is 2.10. The van der Waals surface area contributed by atoms with Crippen molar-refractivity contribution in [1.82, 2.24) is 15.0 Å². The predicted octanol–water partition coefficient (Wildman–Crippen LogP) is 3.00. The summed E-state index contributed by atoms with van der Waals surface area (Å²) in [7, 11) is 0. The number of aromatic nitrogens is 3. The molecule has 0 aliphatic heterocycles. The topological polar surface area (TPSA) is 38.7 Å². The summed E-state index contributed by atoms with van der Waals surface area (Å²) in [6.07, 6.45) is 5.18. The van der Waals surface area contributed by atoms with E-state index in [0.29, 0.717) is 0 Å². The van der Waals surface area contributed by atoms with Gasteiger partial charge in [-0.1, -0.05) is 18.2 Å². The molecule has 0 N–H and O–H groups in total. The Hall–Kier alpha value is -2.29. The molecule has 0 saturated heterocycles. The molecule has 17 heavy (non-hydrogen) atoms. The Morgan fingerprint density at radius 2 is 1.88 bits per heavy atom. The molecule has 0 amide bonds. The Morgan fingerprint density at radius 1 is 1.00 bits per heavy atom. The third-order valence-electron chi connectivity index (χ3n) is 2.90. The second kappa shape index (κ2) is 3.94. The molecule has 3 aromatic rings. The molecule has 0 radical (unpaired) electrons. The van der Waals surface area contributed by atoms with Crippen molar-refractivity contribution >= 4 is 10.9 Å². The van der Waals surface area contributed by atoms with Crippen molar-refractivity contribution < 1.29 is 0 Å². The second-order valence-electron chi connectivity index (χ2n) is 3.91. The smallest absolute Gasteiger partial charge is 0.116 e. The Morgan fingerprint density at radius 3 is 2.71 bits per heavy atom. The molecule has 0 unspecified atom stereocenters. The van der Waals surface area contributed by atoms with E-state index >= 15 is 0 Å². The molecule has 0 bridgehead atoms. The lowest BCUT2D eigenvalue weighted by Gasteiger charge is -2.07. The van der Waals surface area contributed by atoms with Crippen molar-refractivity contribution in [2.45, 2.75) is 6.92 Å². The minimum atomic E-state index is 0.913. The van der Waals surface area contributed by atoms with Gasteiger partial charge < -0.3 is 0 Å². The lowest BCUT2D eigenvalue weighted by Crippen LogP contribution is -1.91. The Bertz CT molecular complexity index is 663. The van der Waals surface area contributed by atoms with Crippen LogP contribution in [-0.4, -0.2) is 15.0 Å². The number of hydrogen-bond donors (Lipinski definition) is 0. The van der Waals surface area contributed by atoms with E-state index in [-0.39, 0.29) is 0 Å². The molecular weight excluding hydrogens is 210 g/mol. The first-order valence-corrected chi connectivity index (χ1v) is 5.47. The lowest BCUT2D eigenvalue weighted by atomic mass is 10.0. The minimum absolute atomic E-state index is 0.913. The molecule has 2 aromatic heterocycles. The summed E-state index contributed by atoms with van der Waals surface area (Å²) in [5.41, 5.74) is 4.19. The fourth-order valence-electron chi connectivity index (χ4n) is 1.99. The van der Waals surface area contributed by atoms with E-state index < -0.39 is 0 Å². The van der Waals surface area contributed by atoms with Crippen molar-refractivity contribution in [1.29, 1.82) is 0 Å². The molecule has 0 fully saturated rings. The molecule has 3 nitrogen and oxygen atoms in total. The molecule has 3 heteroatoms. The lowest BCUT2D eigenvalue weighted by molar-refractivity contribution is 1.16. The zero-order valence-electron chi connectivity index (χ0n) is 9.46. The van der Waals surface area contributed by atoms with Crippen LogP contribution < -0.4 is 0 Å². The monoisotopic (exact) mass is 221 g/mol. The second-order valence-corrected chi connectivity index (χ2v) is 3.91. The highest BCUT2D eigenvalue weighted by Crippen LogP contribution is 2.26. The number of nitrogens with zero attached hydrogens (tertiary/aromatic N) is 3. The fourth-order valence-corrected chi connectivity index (χ4v) is 1.99. The van der Waals surface area contributed by atoms with Gasteiger partial charge in [-0.15, -0.1) is 0 Å². The predicted molar refractivity (Wildman–Crippen MR) is 67.5 cm³/mol. The van der Waals surface area contributed by atoms with Gasteiger partial charge in [0.25, 0.3) is 0 Å². The van der Waals surface area contributed by atoms with Gasteiger partial charge in [0.15, 0.2) is 0 Å². The standard InChI is InChI=1S/C14H11N3/c1-10-11-4-2-3-5-13(11)16-8-12(10)14-6-7-15-9-17-14/h2-9H,1H3. The molecule has 2 heterocycles. The zero-order valence-corrected chi connectivity index (χ0v) is 9.46. The quantitative estimate of drug-likeness (QED) is 0.634. The summed E-state index contributed by atoms with van der Waals surface area (Å²) < 4.78 is 0. The first-order valence-electron chi connectivity index (χ1n) is 5.47. The molecule has 1 aromatic carbocycles. The van der Waals surface area contributed by atoms with Crippen LogP contribution in [0.2, 0.25) is 0 Å². The van der Waals surface area contributed by atoms with Crippen molar-refractivity contribution in [2.24, 2.45) is 0 Å². The maximum Gasteiger partial charge on any atom is 0.116 e. The highest BCUT2D eigenvalue weighted by molar-refractivity contribution is 5.87. The number of pyridine rings is 1. The molecule has 0 saturated carbocycles. The van der Waals surface area contributed by atoms with E-state index in [2.05, 4.69) is 27.9 Å². The number of para-hydroxylation sites is 1. The van der Waals surface area contributed by atoms with E-state index in [4.69, 9.17) is 0 Å². The first kappa shape index (κ1) is 9.90. The number of benzene rings is 1. The third kappa shape index (κ3) is 1.65. The number of hydrogen-bond acceptors (Lipinski definition) is 3. The van der Waals surface area contributed by atoms with Gasteiger partial charge in [0.1, 0.15) is 6.33 Å². The summed E-state index contributed by atoms with van der Waals surface area (Å²) in [5.74, 6) is 0. The van der Waals surface area contributed by atoms with Crippen LogP contribution in [0.25, 0.3) is 22.2 Å². The summed E-state index contributed by atoms with van der Waals surface area (Å²) >= 11 is 0. The van der Waals surface area contributed by atoms with Crippen LogP contribution in [-0.2, 0) is 0 Å². The number of rotatable bonds is 1. The highest BCUT2D eigenvalue weighted by Gasteiger charge is 2.06. The van der Waals surface area contributed by atoms with Gasteiger partial charge >= 0.3 is 0 Å². The van der Waals surface area contributed by atoms with Crippen LogP contribution in [0, 0.1) is 6.92 Å². The Labute approximate surface area is 99.2 Å². The van der Waals surface area contributed by atoms with Crippen LogP contribution in [0.4, 0.5) is 0 Å². The van der Waals surface area contributed by atoms with Gasteiger partial charge in [-0.2, -0.15) is 0 Å².